The van der Waals surface area contributed by atoms with Gasteiger partial charge in [0.15, 0.2) is 5.58 Å². The summed E-state index contributed by atoms with van der Waals surface area (Å²) in [6.07, 6.45) is 0.193. The fraction of sp³-hybridized carbons (Fsp3) is 0.462. The molecule has 0 aliphatic heterocycles. The Morgan fingerprint density at radius 1 is 1.50 bits per heavy atom. The topological polar surface area (TPSA) is 101 Å². The number of hydrogen-bond acceptors (Lipinski definition) is 6. The summed E-state index contributed by atoms with van der Waals surface area (Å²) < 4.78 is 5.40. The largest absolute Gasteiger partial charge is 0.424 e. The third kappa shape index (κ3) is 3.45. The maximum Gasteiger partial charge on any atom is 0.295 e. The number of rotatable bonds is 6. The lowest BCUT2D eigenvalue weighted by atomic mass is 10.1. The predicted octanol–water partition coefficient (Wildman–Crippen LogP) is 2.55. The van der Waals surface area contributed by atoms with E-state index in [2.05, 4.69) is 10.3 Å². The lowest BCUT2D eigenvalue weighted by Crippen LogP contribution is -2.21. The number of nitrogens with zero attached hydrogens (tertiary/aromatic N) is 2. The number of non-ortho nitro benzene ring substituents is 1. The van der Waals surface area contributed by atoms with Gasteiger partial charge in [-0.15, -0.1) is 0 Å². The molecule has 1 heterocycles. The number of hydrogen-bond donors (Lipinski definition) is 2. The maximum absolute atomic E-state index is 10.7. The summed E-state index contributed by atoms with van der Waals surface area (Å²) in [6.45, 7) is 4.39. The normalized spacial score (nSPS) is 12.8. The van der Waals surface area contributed by atoms with Crippen molar-refractivity contribution in [2.75, 3.05) is 11.9 Å². The highest BCUT2D eigenvalue weighted by atomic mass is 16.6. The summed E-state index contributed by atoms with van der Waals surface area (Å²) in [7, 11) is 0. The minimum Gasteiger partial charge on any atom is -0.424 e. The van der Waals surface area contributed by atoms with Crippen LogP contribution >= 0.6 is 0 Å². The Morgan fingerprint density at radius 2 is 2.25 bits per heavy atom. The number of fused-ring (bicyclic) bond motifs is 1. The van der Waals surface area contributed by atoms with Gasteiger partial charge in [0.2, 0.25) is 0 Å². The molecule has 2 aromatic rings. The standard InChI is InChI=1S/C13H17N3O4/c1-8(2)5-10(17)7-14-13-15-11-6-9(16(18)19)3-4-12(11)20-13/h3-4,6,8,10,17H,5,7H2,1-2H3,(H,14,15). The zero-order valence-corrected chi connectivity index (χ0v) is 11.4. The molecule has 108 valence electrons. The van der Waals surface area contributed by atoms with Crippen LogP contribution in [0.25, 0.3) is 11.1 Å². The van der Waals surface area contributed by atoms with Gasteiger partial charge < -0.3 is 14.8 Å². The van der Waals surface area contributed by atoms with Crippen molar-refractivity contribution in [2.45, 2.75) is 26.4 Å². The van der Waals surface area contributed by atoms with Gasteiger partial charge in [0.25, 0.3) is 11.7 Å². The van der Waals surface area contributed by atoms with Crippen LogP contribution in [-0.2, 0) is 0 Å². The van der Waals surface area contributed by atoms with E-state index in [9.17, 15) is 15.2 Å². The molecular formula is C13H17N3O4. The van der Waals surface area contributed by atoms with Crippen LogP contribution in [0, 0.1) is 16.0 Å². The van der Waals surface area contributed by atoms with Gasteiger partial charge in [-0.05, 0) is 18.4 Å². The minimum atomic E-state index is -0.487. The lowest BCUT2D eigenvalue weighted by molar-refractivity contribution is -0.384. The van der Waals surface area contributed by atoms with Crippen LogP contribution in [0.1, 0.15) is 20.3 Å². The van der Waals surface area contributed by atoms with E-state index < -0.39 is 11.0 Å². The Morgan fingerprint density at radius 3 is 2.90 bits per heavy atom. The molecule has 20 heavy (non-hydrogen) atoms. The van der Waals surface area contributed by atoms with Crippen molar-refractivity contribution >= 4 is 22.8 Å². The summed E-state index contributed by atoms with van der Waals surface area (Å²) in [6, 6.07) is 4.48. The molecule has 0 aliphatic carbocycles. The molecule has 1 unspecified atom stereocenters. The van der Waals surface area contributed by atoms with E-state index in [1.165, 1.54) is 18.2 Å². The van der Waals surface area contributed by atoms with Gasteiger partial charge in [-0.3, -0.25) is 10.1 Å². The van der Waals surface area contributed by atoms with Crippen LogP contribution in [0.5, 0.6) is 0 Å². The van der Waals surface area contributed by atoms with Crippen LogP contribution in [0.2, 0.25) is 0 Å². The minimum absolute atomic E-state index is 0.0304. The number of anilines is 1. The number of aromatic nitrogens is 1. The van der Waals surface area contributed by atoms with Crippen LogP contribution in [0.3, 0.4) is 0 Å². The van der Waals surface area contributed by atoms with Crippen LogP contribution in [0.4, 0.5) is 11.7 Å². The first-order chi connectivity index (χ1) is 9.45. The van der Waals surface area contributed by atoms with E-state index in [4.69, 9.17) is 4.42 Å². The number of nitro benzene ring substituents is 1. The van der Waals surface area contributed by atoms with E-state index in [1.807, 2.05) is 13.8 Å². The molecule has 0 fully saturated rings. The summed E-state index contributed by atoms with van der Waals surface area (Å²) in [5, 5.41) is 23.3. The second-order valence-corrected chi connectivity index (χ2v) is 5.09. The zero-order valence-electron chi connectivity index (χ0n) is 11.4. The Kier molecular flexibility index (Phi) is 4.19. The van der Waals surface area contributed by atoms with Crippen LogP contribution in [-0.4, -0.2) is 27.7 Å². The molecule has 1 atom stereocenters. The molecule has 0 spiro atoms. The Balaban J connectivity index is 2.06. The maximum atomic E-state index is 10.7. The summed E-state index contributed by atoms with van der Waals surface area (Å²) in [5.74, 6) is 0.401. The average molecular weight is 279 g/mol. The molecule has 7 heteroatoms. The highest BCUT2D eigenvalue weighted by Crippen LogP contribution is 2.23. The number of aliphatic hydroxyl groups excluding tert-OH is 1. The molecule has 1 aromatic carbocycles. The van der Waals surface area contributed by atoms with E-state index >= 15 is 0 Å². The molecule has 7 nitrogen and oxygen atoms in total. The first-order valence-corrected chi connectivity index (χ1v) is 6.42. The van der Waals surface area contributed by atoms with Crippen molar-refractivity contribution in [1.29, 1.82) is 0 Å². The van der Waals surface area contributed by atoms with Gasteiger partial charge >= 0.3 is 0 Å². The molecule has 0 saturated heterocycles. The zero-order chi connectivity index (χ0) is 14.7. The molecule has 2 N–H and O–H groups in total. The van der Waals surface area contributed by atoms with Gasteiger partial charge in [0, 0.05) is 18.7 Å². The number of benzene rings is 1. The van der Waals surface area contributed by atoms with Gasteiger partial charge in [-0.2, -0.15) is 4.98 Å². The van der Waals surface area contributed by atoms with Gasteiger partial charge in [-0.1, -0.05) is 13.8 Å². The quantitative estimate of drug-likeness (QED) is 0.622. The fourth-order valence-electron chi connectivity index (χ4n) is 1.94. The fourth-order valence-corrected chi connectivity index (χ4v) is 1.94. The highest BCUT2D eigenvalue weighted by molar-refractivity contribution is 5.77. The lowest BCUT2D eigenvalue weighted by Gasteiger charge is -2.12. The van der Waals surface area contributed by atoms with E-state index in [0.717, 1.165) is 0 Å². The molecule has 0 radical (unpaired) electrons. The van der Waals surface area contributed by atoms with Crippen molar-refractivity contribution < 1.29 is 14.4 Å². The number of oxazole rings is 1. The third-order valence-electron chi connectivity index (χ3n) is 2.81. The van der Waals surface area contributed by atoms with E-state index in [0.29, 0.717) is 30.0 Å². The molecule has 2 rings (SSSR count). The van der Waals surface area contributed by atoms with E-state index in [-0.39, 0.29) is 11.7 Å². The SMILES string of the molecule is CC(C)CC(O)CNc1nc2cc([N+](=O)[O-])ccc2o1. The Bertz CT molecular complexity index is 609. The molecule has 1 aromatic heterocycles. The second-order valence-electron chi connectivity index (χ2n) is 5.09. The van der Waals surface area contributed by atoms with E-state index in [1.54, 1.807) is 0 Å². The predicted molar refractivity (Wildman–Crippen MR) is 74.6 cm³/mol. The Labute approximate surface area is 115 Å². The van der Waals surface area contributed by atoms with Crippen molar-refractivity contribution in [1.82, 2.24) is 4.98 Å². The van der Waals surface area contributed by atoms with Crippen molar-refractivity contribution in [3.8, 4) is 0 Å². The molecular weight excluding hydrogens is 262 g/mol. The first kappa shape index (κ1) is 14.3. The second kappa shape index (κ2) is 5.87. The summed E-state index contributed by atoms with van der Waals surface area (Å²) in [5.41, 5.74) is 0.855. The van der Waals surface area contributed by atoms with Crippen molar-refractivity contribution in [2.24, 2.45) is 5.92 Å². The molecule has 0 aliphatic rings. The third-order valence-corrected chi connectivity index (χ3v) is 2.81. The number of nitro groups is 1. The monoisotopic (exact) mass is 279 g/mol. The van der Waals surface area contributed by atoms with Gasteiger partial charge in [0.1, 0.15) is 5.52 Å². The van der Waals surface area contributed by atoms with Crippen molar-refractivity contribution in [3.63, 3.8) is 0 Å². The highest BCUT2D eigenvalue weighted by Gasteiger charge is 2.13. The van der Waals surface area contributed by atoms with Gasteiger partial charge in [0.05, 0.1) is 11.0 Å². The number of nitrogens with one attached hydrogen (secondary N) is 1. The molecule has 0 amide bonds. The number of aliphatic hydroxyl groups is 1. The average Bonchev–Trinajstić information content (AvgIpc) is 2.77. The molecule has 0 saturated carbocycles. The Hall–Kier alpha value is -2.15. The molecule has 0 bridgehead atoms. The van der Waals surface area contributed by atoms with Crippen LogP contribution in [0.15, 0.2) is 22.6 Å². The van der Waals surface area contributed by atoms with Gasteiger partial charge in [-0.25, -0.2) is 0 Å². The van der Waals surface area contributed by atoms with Crippen LogP contribution < -0.4 is 5.32 Å². The summed E-state index contributed by atoms with van der Waals surface area (Å²) in [4.78, 5) is 14.3. The smallest absolute Gasteiger partial charge is 0.295 e. The summed E-state index contributed by atoms with van der Waals surface area (Å²) >= 11 is 0. The van der Waals surface area contributed by atoms with Crippen molar-refractivity contribution in [3.05, 3.63) is 28.3 Å². The first-order valence-electron chi connectivity index (χ1n) is 6.42.